The molecule has 0 unspecified atom stereocenters. The highest BCUT2D eigenvalue weighted by atomic mass is 16.5. The molecule has 20 heavy (non-hydrogen) atoms. The van der Waals surface area contributed by atoms with E-state index < -0.39 is 0 Å². The summed E-state index contributed by atoms with van der Waals surface area (Å²) < 4.78 is 5.52. The molecule has 0 radical (unpaired) electrons. The fourth-order valence-electron chi connectivity index (χ4n) is 1.88. The molecular weight excluding hydrogens is 252 g/mol. The van der Waals surface area contributed by atoms with Crippen molar-refractivity contribution in [2.45, 2.75) is 20.8 Å². The minimum absolute atomic E-state index is 0.0572. The van der Waals surface area contributed by atoms with Crippen molar-refractivity contribution >= 4 is 11.6 Å². The van der Waals surface area contributed by atoms with Crippen molar-refractivity contribution in [1.29, 1.82) is 0 Å². The minimum atomic E-state index is 0.0572. The fraction of sp³-hybridized carbons (Fsp3) is 0.438. The number of amides is 1. The first-order valence-electron chi connectivity index (χ1n) is 6.96. The van der Waals surface area contributed by atoms with Crippen LogP contribution >= 0.6 is 0 Å². The Morgan fingerprint density at radius 2 is 2.05 bits per heavy atom. The number of rotatable bonds is 8. The lowest BCUT2D eigenvalue weighted by Gasteiger charge is -2.21. The zero-order chi connectivity index (χ0) is 15.0. The second kappa shape index (κ2) is 8.25. The molecule has 0 heterocycles. The van der Waals surface area contributed by atoms with Crippen LogP contribution in [0.4, 0.5) is 5.69 Å². The van der Waals surface area contributed by atoms with Gasteiger partial charge in [-0.25, -0.2) is 0 Å². The van der Waals surface area contributed by atoms with Crippen LogP contribution in [0.5, 0.6) is 5.75 Å². The standard InChI is InChI=1S/C16H24N2O2/c1-5-18(12-13(3)4)16(19)11-17-14-9-7-8-10-15(14)20-6-2/h7-10,17H,3,5-6,11-12H2,1-2,4H3. The molecule has 0 aliphatic heterocycles. The third-order valence-electron chi connectivity index (χ3n) is 2.81. The molecule has 0 saturated carbocycles. The second-order valence-electron chi connectivity index (χ2n) is 4.65. The van der Waals surface area contributed by atoms with Crippen LogP contribution < -0.4 is 10.1 Å². The quantitative estimate of drug-likeness (QED) is 0.742. The zero-order valence-corrected chi connectivity index (χ0v) is 12.6. The molecule has 4 heteroatoms. The van der Waals surface area contributed by atoms with Gasteiger partial charge in [0, 0.05) is 13.1 Å². The molecule has 0 aliphatic carbocycles. The maximum Gasteiger partial charge on any atom is 0.242 e. The predicted molar refractivity (Wildman–Crippen MR) is 83.2 cm³/mol. The first kappa shape index (κ1) is 16.1. The lowest BCUT2D eigenvalue weighted by molar-refractivity contribution is -0.128. The summed E-state index contributed by atoms with van der Waals surface area (Å²) >= 11 is 0. The van der Waals surface area contributed by atoms with Crippen LogP contribution in [0.2, 0.25) is 0 Å². The normalized spacial score (nSPS) is 9.95. The van der Waals surface area contributed by atoms with Crippen molar-refractivity contribution in [3.8, 4) is 5.75 Å². The van der Waals surface area contributed by atoms with E-state index in [2.05, 4.69) is 11.9 Å². The molecule has 0 aliphatic rings. The molecule has 0 saturated heterocycles. The number of nitrogens with zero attached hydrogens (tertiary/aromatic N) is 1. The van der Waals surface area contributed by atoms with Crippen molar-refractivity contribution in [2.75, 3.05) is 31.6 Å². The topological polar surface area (TPSA) is 41.6 Å². The predicted octanol–water partition coefficient (Wildman–Crippen LogP) is 2.92. The number of ether oxygens (including phenoxy) is 1. The van der Waals surface area contributed by atoms with Gasteiger partial charge < -0.3 is 15.0 Å². The maximum atomic E-state index is 12.1. The summed E-state index contributed by atoms with van der Waals surface area (Å²) in [5.41, 5.74) is 1.82. The summed E-state index contributed by atoms with van der Waals surface area (Å²) in [7, 11) is 0. The molecular formula is C16H24N2O2. The molecule has 0 atom stereocenters. The van der Waals surface area contributed by atoms with Gasteiger partial charge in [-0.3, -0.25) is 4.79 Å². The van der Waals surface area contributed by atoms with Crippen molar-refractivity contribution < 1.29 is 9.53 Å². The number of hydrogen-bond donors (Lipinski definition) is 1. The van der Waals surface area contributed by atoms with Gasteiger partial charge in [0.25, 0.3) is 0 Å². The van der Waals surface area contributed by atoms with E-state index in [0.29, 0.717) is 19.7 Å². The van der Waals surface area contributed by atoms with Gasteiger partial charge in [0.15, 0.2) is 0 Å². The lowest BCUT2D eigenvalue weighted by atomic mass is 10.2. The summed E-state index contributed by atoms with van der Waals surface area (Å²) in [6.07, 6.45) is 0. The number of carbonyl (C=O) groups is 1. The number of carbonyl (C=O) groups excluding carboxylic acids is 1. The molecule has 0 bridgehead atoms. The van der Waals surface area contributed by atoms with Gasteiger partial charge in [0.2, 0.25) is 5.91 Å². The second-order valence-corrected chi connectivity index (χ2v) is 4.65. The highest BCUT2D eigenvalue weighted by molar-refractivity contribution is 5.81. The van der Waals surface area contributed by atoms with Gasteiger partial charge in [-0.05, 0) is 32.9 Å². The van der Waals surface area contributed by atoms with Crippen LogP contribution in [0.25, 0.3) is 0 Å². The Hall–Kier alpha value is -1.97. The Balaban J connectivity index is 2.62. The summed E-state index contributed by atoms with van der Waals surface area (Å²) in [5.74, 6) is 0.826. The van der Waals surface area contributed by atoms with Crippen molar-refractivity contribution in [1.82, 2.24) is 4.90 Å². The number of likely N-dealkylation sites (N-methyl/N-ethyl adjacent to an activating group) is 1. The number of anilines is 1. The van der Waals surface area contributed by atoms with Gasteiger partial charge in [0.05, 0.1) is 18.8 Å². The molecule has 1 amide bonds. The molecule has 0 aromatic heterocycles. The maximum absolute atomic E-state index is 12.1. The first-order chi connectivity index (χ1) is 9.58. The van der Waals surface area contributed by atoms with E-state index in [4.69, 9.17) is 4.74 Å². The van der Waals surface area contributed by atoms with Gasteiger partial charge >= 0.3 is 0 Å². The van der Waals surface area contributed by atoms with Crippen molar-refractivity contribution in [3.63, 3.8) is 0 Å². The Morgan fingerprint density at radius 1 is 1.35 bits per heavy atom. The van der Waals surface area contributed by atoms with Gasteiger partial charge in [-0.15, -0.1) is 0 Å². The summed E-state index contributed by atoms with van der Waals surface area (Å²) in [6, 6.07) is 7.63. The number of benzene rings is 1. The Morgan fingerprint density at radius 3 is 2.65 bits per heavy atom. The van der Waals surface area contributed by atoms with Crippen LogP contribution in [0.15, 0.2) is 36.4 Å². The van der Waals surface area contributed by atoms with Crippen LogP contribution in [-0.4, -0.2) is 37.0 Å². The Kier molecular flexibility index (Phi) is 6.64. The van der Waals surface area contributed by atoms with E-state index in [9.17, 15) is 4.79 Å². The van der Waals surface area contributed by atoms with Crippen LogP contribution in [0, 0.1) is 0 Å². The SMILES string of the molecule is C=C(C)CN(CC)C(=O)CNc1ccccc1OCC. The summed E-state index contributed by atoms with van der Waals surface area (Å²) in [4.78, 5) is 13.9. The van der Waals surface area contributed by atoms with E-state index in [1.807, 2.05) is 45.0 Å². The van der Waals surface area contributed by atoms with E-state index in [0.717, 1.165) is 17.0 Å². The number of hydrogen-bond acceptors (Lipinski definition) is 3. The Labute approximate surface area is 121 Å². The van der Waals surface area contributed by atoms with Crippen molar-refractivity contribution in [3.05, 3.63) is 36.4 Å². The fourth-order valence-corrected chi connectivity index (χ4v) is 1.88. The third-order valence-corrected chi connectivity index (χ3v) is 2.81. The molecule has 4 nitrogen and oxygen atoms in total. The molecule has 0 spiro atoms. The van der Waals surface area contributed by atoms with Crippen LogP contribution in [-0.2, 0) is 4.79 Å². The minimum Gasteiger partial charge on any atom is -0.492 e. The van der Waals surface area contributed by atoms with Crippen LogP contribution in [0.3, 0.4) is 0 Å². The molecule has 1 N–H and O–H groups in total. The Bertz CT molecular complexity index is 458. The average Bonchev–Trinajstić information content (AvgIpc) is 2.43. The van der Waals surface area contributed by atoms with E-state index in [-0.39, 0.29) is 12.5 Å². The van der Waals surface area contributed by atoms with Gasteiger partial charge in [0.1, 0.15) is 5.75 Å². The molecule has 1 aromatic rings. The lowest BCUT2D eigenvalue weighted by Crippen LogP contribution is -2.36. The zero-order valence-electron chi connectivity index (χ0n) is 12.6. The van der Waals surface area contributed by atoms with Crippen molar-refractivity contribution in [2.24, 2.45) is 0 Å². The largest absolute Gasteiger partial charge is 0.492 e. The molecule has 110 valence electrons. The third kappa shape index (κ3) is 4.96. The average molecular weight is 276 g/mol. The first-order valence-corrected chi connectivity index (χ1v) is 6.96. The summed E-state index contributed by atoms with van der Waals surface area (Å²) in [5, 5.41) is 3.14. The molecule has 0 fully saturated rings. The smallest absolute Gasteiger partial charge is 0.242 e. The van der Waals surface area contributed by atoms with E-state index in [1.54, 1.807) is 4.90 Å². The molecule has 1 aromatic carbocycles. The van der Waals surface area contributed by atoms with Gasteiger partial charge in [-0.1, -0.05) is 24.3 Å². The monoisotopic (exact) mass is 276 g/mol. The number of nitrogens with one attached hydrogen (secondary N) is 1. The van der Waals surface area contributed by atoms with E-state index >= 15 is 0 Å². The summed E-state index contributed by atoms with van der Waals surface area (Å²) in [6.45, 7) is 11.8. The molecule has 1 rings (SSSR count). The number of para-hydroxylation sites is 2. The van der Waals surface area contributed by atoms with E-state index in [1.165, 1.54) is 0 Å². The highest BCUT2D eigenvalue weighted by Crippen LogP contribution is 2.23. The van der Waals surface area contributed by atoms with Crippen LogP contribution in [0.1, 0.15) is 20.8 Å². The highest BCUT2D eigenvalue weighted by Gasteiger charge is 2.12. The van der Waals surface area contributed by atoms with Gasteiger partial charge in [-0.2, -0.15) is 0 Å².